The predicted molar refractivity (Wildman–Crippen MR) is 111 cm³/mol. The molecular weight excluding hydrogens is 360 g/mol. The standard InChI is InChI=1S/C21H20N4O.ClH/c22-20(13-17-4-2-1-3-5-17)21(26)25-19-12-18(14-24-15-19)7-6-16-8-10-23-11-9-16;/h1-12,14-15,20H,13,22H2,(H,25,26);1H. The summed E-state index contributed by atoms with van der Waals surface area (Å²) in [5.74, 6) is -0.231. The number of rotatable bonds is 6. The van der Waals surface area contributed by atoms with Gasteiger partial charge < -0.3 is 11.1 Å². The maximum atomic E-state index is 12.3. The second-order valence-corrected chi connectivity index (χ2v) is 5.91. The fourth-order valence-electron chi connectivity index (χ4n) is 2.48. The zero-order chi connectivity index (χ0) is 18.2. The average Bonchev–Trinajstić information content (AvgIpc) is 2.68. The number of carbonyl (C=O) groups excluding carboxylic acids is 1. The van der Waals surface area contributed by atoms with E-state index in [0.717, 1.165) is 16.7 Å². The Hall–Kier alpha value is -3.02. The molecule has 6 heteroatoms. The van der Waals surface area contributed by atoms with Crippen molar-refractivity contribution in [1.82, 2.24) is 9.97 Å². The molecule has 0 bridgehead atoms. The first-order chi connectivity index (χ1) is 12.7. The van der Waals surface area contributed by atoms with Gasteiger partial charge >= 0.3 is 0 Å². The van der Waals surface area contributed by atoms with Crippen molar-refractivity contribution < 1.29 is 4.79 Å². The number of carbonyl (C=O) groups is 1. The Bertz CT molecular complexity index is 885. The summed E-state index contributed by atoms with van der Waals surface area (Å²) in [5.41, 5.74) is 9.59. The summed E-state index contributed by atoms with van der Waals surface area (Å²) in [6.07, 6.45) is 11.2. The molecule has 0 aliphatic heterocycles. The van der Waals surface area contributed by atoms with Gasteiger partial charge in [0, 0.05) is 18.6 Å². The van der Waals surface area contributed by atoms with Gasteiger partial charge in [-0.2, -0.15) is 0 Å². The van der Waals surface area contributed by atoms with E-state index < -0.39 is 6.04 Å². The molecule has 138 valence electrons. The van der Waals surface area contributed by atoms with Gasteiger partial charge in [-0.3, -0.25) is 14.8 Å². The van der Waals surface area contributed by atoms with Crippen molar-refractivity contribution in [2.24, 2.45) is 5.73 Å². The van der Waals surface area contributed by atoms with Crippen LogP contribution in [0.2, 0.25) is 0 Å². The molecule has 0 spiro atoms. The highest BCUT2D eigenvalue weighted by molar-refractivity contribution is 5.95. The van der Waals surface area contributed by atoms with E-state index in [1.165, 1.54) is 0 Å². The molecule has 1 unspecified atom stereocenters. The summed E-state index contributed by atoms with van der Waals surface area (Å²) in [5, 5.41) is 2.83. The van der Waals surface area contributed by atoms with E-state index in [9.17, 15) is 4.79 Å². The molecule has 3 aromatic rings. The zero-order valence-corrected chi connectivity index (χ0v) is 15.5. The highest BCUT2D eigenvalue weighted by Gasteiger charge is 2.14. The molecule has 1 atom stereocenters. The summed E-state index contributed by atoms with van der Waals surface area (Å²) < 4.78 is 0. The molecule has 5 nitrogen and oxygen atoms in total. The van der Waals surface area contributed by atoms with Crippen LogP contribution in [-0.2, 0) is 11.2 Å². The minimum absolute atomic E-state index is 0. The number of anilines is 1. The third-order valence-corrected chi connectivity index (χ3v) is 3.84. The van der Waals surface area contributed by atoms with Crippen molar-refractivity contribution in [2.45, 2.75) is 12.5 Å². The minimum atomic E-state index is -0.617. The van der Waals surface area contributed by atoms with Crippen molar-refractivity contribution >= 4 is 36.2 Å². The number of halogens is 1. The lowest BCUT2D eigenvalue weighted by Crippen LogP contribution is -2.37. The molecular formula is C21H21ClN4O. The number of amides is 1. The summed E-state index contributed by atoms with van der Waals surface area (Å²) in [6, 6.07) is 14.8. The highest BCUT2D eigenvalue weighted by Crippen LogP contribution is 2.13. The third kappa shape index (κ3) is 6.33. The normalized spacial score (nSPS) is 11.6. The second kappa shape index (κ2) is 10.2. The van der Waals surface area contributed by atoms with Crippen LogP contribution in [0.1, 0.15) is 16.7 Å². The molecule has 3 rings (SSSR count). The number of pyridine rings is 2. The number of nitrogens with two attached hydrogens (primary N) is 1. The van der Waals surface area contributed by atoms with Gasteiger partial charge in [-0.1, -0.05) is 42.5 Å². The Morgan fingerprint density at radius 2 is 1.70 bits per heavy atom. The lowest BCUT2D eigenvalue weighted by molar-refractivity contribution is -0.117. The third-order valence-electron chi connectivity index (χ3n) is 3.84. The Balaban J connectivity index is 0.00000261. The van der Waals surface area contributed by atoms with Crippen LogP contribution in [-0.4, -0.2) is 21.9 Å². The topological polar surface area (TPSA) is 80.9 Å². The van der Waals surface area contributed by atoms with E-state index in [-0.39, 0.29) is 18.3 Å². The predicted octanol–water partition coefficient (Wildman–Crippen LogP) is 3.58. The van der Waals surface area contributed by atoms with Crippen LogP contribution in [0.5, 0.6) is 0 Å². The van der Waals surface area contributed by atoms with Gasteiger partial charge in [0.25, 0.3) is 0 Å². The summed E-state index contributed by atoms with van der Waals surface area (Å²) in [7, 11) is 0. The summed E-state index contributed by atoms with van der Waals surface area (Å²) in [6.45, 7) is 0. The number of nitrogens with zero attached hydrogens (tertiary/aromatic N) is 2. The highest BCUT2D eigenvalue weighted by atomic mass is 35.5. The first-order valence-corrected chi connectivity index (χ1v) is 8.34. The molecule has 1 aromatic carbocycles. The molecule has 1 amide bonds. The molecule has 0 radical (unpaired) electrons. The van der Waals surface area contributed by atoms with E-state index in [0.29, 0.717) is 12.1 Å². The van der Waals surface area contributed by atoms with Gasteiger partial charge in [0.15, 0.2) is 0 Å². The van der Waals surface area contributed by atoms with Gasteiger partial charge in [-0.05, 0) is 41.3 Å². The Labute approximate surface area is 164 Å². The first-order valence-electron chi connectivity index (χ1n) is 8.34. The molecule has 0 saturated heterocycles. The Morgan fingerprint density at radius 1 is 1.00 bits per heavy atom. The number of nitrogens with one attached hydrogen (secondary N) is 1. The van der Waals surface area contributed by atoms with Gasteiger partial charge in [0.1, 0.15) is 0 Å². The lowest BCUT2D eigenvalue weighted by Gasteiger charge is -2.12. The lowest BCUT2D eigenvalue weighted by atomic mass is 10.1. The van der Waals surface area contributed by atoms with E-state index in [1.54, 1.807) is 24.8 Å². The minimum Gasteiger partial charge on any atom is -0.323 e. The second-order valence-electron chi connectivity index (χ2n) is 5.91. The summed E-state index contributed by atoms with van der Waals surface area (Å²) in [4.78, 5) is 20.5. The fourth-order valence-corrected chi connectivity index (χ4v) is 2.48. The molecule has 3 N–H and O–H groups in total. The van der Waals surface area contributed by atoms with Crippen LogP contribution in [0.25, 0.3) is 12.2 Å². The van der Waals surface area contributed by atoms with Crippen LogP contribution in [0.15, 0.2) is 73.3 Å². The van der Waals surface area contributed by atoms with Crippen LogP contribution in [0.4, 0.5) is 5.69 Å². The van der Waals surface area contributed by atoms with Crippen molar-refractivity contribution in [3.63, 3.8) is 0 Å². The fraction of sp³-hybridized carbons (Fsp3) is 0.0952. The SMILES string of the molecule is Cl.NC(Cc1ccccc1)C(=O)Nc1cncc(C=Cc2ccncc2)c1. The molecule has 2 heterocycles. The molecule has 2 aromatic heterocycles. The van der Waals surface area contributed by atoms with Crippen LogP contribution in [0, 0.1) is 0 Å². The molecule has 27 heavy (non-hydrogen) atoms. The van der Waals surface area contributed by atoms with Gasteiger partial charge in [-0.15, -0.1) is 12.4 Å². The first kappa shape index (κ1) is 20.3. The van der Waals surface area contributed by atoms with Crippen LogP contribution >= 0.6 is 12.4 Å². The smallest absolute Gasteiger partial charge is 0.241 e. The van der Waals surface area contributed by atoms with Crippen LogP contribution in [0.3, 0.4) is 0 Å². The molecule has 0 saturated carbocycles. The van der Waals surface area contributed by atoms with Crippen molar-refractivity contribution in [1.29, 1.82) is 0 Å². The molecule has 0 aliphatic carbocycles. The maximum absolute atomic E-state index is 12.3. The van der Waals surface area contributed by atoms with Crippen molar-refractivity contribution in [3.05, 3.63) is 90.0 Å². The number of hydrogen-bond acceptors (Lipinski definition) is 4. The van der Waals surface area contributed by atoms with Crippen molar-refractivity contribution in [3.8, 4) is 0 Å². The van der Waals surface area contributed by atoms with Gasteiger partial charge in [-0.25, -0.2) is 0 Å². The average molecular weight is 381 g/mol. The van der Waals surface area contributed by atoms with E-state index in [1.807, 2.05) is 60.7 Å². The summed E-state index contributed by atoms with van der Waals surface area (Å²) >= 11 is 0. The molecule has 0 fully saturated rings. The van der Waals surface area contributed by atoms with Crippen molar-refractivity contribution in [2.75, 3.05) is 5.32 Å². The largest absolute Gasteiger partial charge is 0.323 e. The number of benzene rings is 1. The van der Waals surface area contributed by atoms with E-state index in [2.05, 4.69) is 15.3 Å². The quantitative estimate of drug-likeness (QED) is 0.684. The maximum Gasteiger partial charge on any atom is 0.241 e. The van der Waals surface area contributed by atoms with E-state index >= 15 is 0 Å². The van der Waals surface area contributed by atoms with E-state index in [4.69, 9.17) is 5.73 Å². The Kier molecular flexibility index (Phi) is 7.67. The number of hydrogen-bond donors (Lipinski definition) is 2. The monoisotopic (exact) mass is 380 g/mol. The Morgan fingerprint density at radius 3 is 2.44 bits per heavy atom. The van der Waals surface area contributed by atoms with Crippen LogP contribution < -0.4 is 11.1 Å². The van der Waals surface area contributed by atoms with Gasteiger partial charge in [0.05, 0.1) is 17.9 Å². The van der Waals surface area contributed by atoms with Gasteiger partial charge in [0.2, 0.25) is 5.91 Å². The number of aromatic nitrogens is 2. The zero-order valence-electron chi connectivity index (χ0n) is 14.7. The molecule has 0 aliphatic rings.